The smallest absolute Gasteiger partial charge is 0.369 e. The van der Waals surface area contributed by atoms with Crippen molar-refractivity contribution in [2.24, 2.45) is 5.92 Å². The quantitative estimate of drug-likeness (QED) is 0.557. The van der Waals surface area contributed by atoms with E-state index in [9.17, 15) is 39.6 Å². The normalized spacial score (nSPS) is 21.8. The van der Waals surface area contributed by atoms with Crippen LogP contribution in [0.3, 0.4) is 0 Å². The number of rotatable bonds is 6. The van der Waals surface area contributed by atoms with Crippen LogP contribution < -0.4 is 10.2 Å². The van der Waals surface area contributed by atoms with E-state index in [1.165, 1.54) is 11.0 Å². The van der Waals surface area contributed by atoms with Crippen LogP contribution in [0.15, 0.2) is 41.4 Å². The van der Waals surface area contributed by atoms with Crippen molar-refractivity contribution in [3.8, 4) is 0 Å². The number of amides is 1. The van der Waals surface area contributed by atoms with Crippen LogP contribution in [0, 0.1) is 17.6 Å². The second kappa shape index (κ2) is 10.5. The Morgan fingerprint density at radius 2 is 1.76 bits per heavy atom. The summed E-state index contributed by atoms with van der Waals surface area (Å²) in [5.41, 5.74) is 0.232. The van der Waals surface area contributed by atoms with Crippen LogP contribution in [0.5, 0.6) is 0 Å². The number of sulfonamides is 1. The van der Waals surface area contributed by atoms with Crippen molar-refractivity contribution >= 4 is 21.6 Å². The number of nitrogens with zero attached hydrogens (tertiary/aromatic N) is 3. The molecule has 3 heterocycles. The molecule has 1 N–H and O–H groups in total. The first-order chi connectivity index (χ1) is 17.4. The van der Waals surface area contributed by atoms with E-state index < -0.39 is 58.4 Å². The zero-order valence-electron chi connectivity index (χ0n) is 19.4. The molecule has 1 aromatic carbocycles. The van der Waals surface area contributed by atoms with Crippen molar-refractivity contribution in [2.45, 2.75) is 49.1 Å². The third-order valence-corrected chi connectivity index (χ3v) is 8.45. The van der Waals surface area contributed by atoms with E-state index in [2.05, 4.69) is 10.3 Å². The lowest BCUT2D eigenvalue weighted by atomic mass is 9.96. The molecule has 2 aliphatic rings. The highest BCUT2D eigenvalue weighted by Gasteiger charge is 2.44. The Balaban J connectivity index is 1.43. The molecule has 0 aliphatic carbocycles. The number of pyridine rings is 1. The molecule has 2 fully saturated rings. The van der Waals surface area contributed by atoms with Crippen LogP contribution in [0.25, 0.3) is 0 Å². The maximum Gasteiger partial charge on any atom is 0.391 e. The lowest BCUT2D eigenvalue weighted by Gasteiger charge is -2.34. The number of benzene rings is 1. The molecular formula is C23H24F6N4O3S. The molecule has 0 spiro atoms. The maximum absolute atomic E-state index is 14.4. The molecule has 37 heavy (non-hydrogen) atoms. The lowest BCUT2D eigenvalue weighted by Crippen LogP contribution is -2.45. The van der Waals surface area contributed by atoms with Gasteiger partial charge >= 0.3 is 6.18 Å². The Bertz CT molecular complexity index is 1230. The number of halogens is 6. The first-order valence-corrected chi connectivity index (χ1v) is 13.0. The fourth-order valence-electron chi connectivity index (χ4n) is 4.55. The Morgan fingerprint density at radius 3 is 2.38 bits per heavy atom. The van der Waals surface area contributed by atoms with Gasteiger partial charge in [0, 0.05) is 26.1 Å². The summed E-state index contributed by atoms with van der Waals surface area (Å²) < 4.78 is 107. The van der Waals surface area contributed by atoms with Gasteiger partial charge in [0.1, 0.15) is 18.0 Å². The second-order valence-electron chi connectivity index (χ2n) is 9.03. The number of nitrogens with one attached hydrogen (secondary N) is 1. The summed E-state index contributed by atoms with van der Waals surface area (Å²) in [4.78, 5) is 17.9. The number of hydrogen-bond acceptors (Lipinski definition) is 5. The molecule has 2 aromatic rings. The van der Waals surface area contributed by atoms with Gasteiger partial charge in [-0.15, -0.1) is 0 Å². The van der Waals surface area contributed by atoms with Crippen molar-refractivity contribution in [2.75, 3.05) is 24.5 Å². The van der Waals surface area contributed by atoms with Crippen LogP contribution in [0.1, 0.15) is 25.0 Å². The fraction of sp³-hybridized carbons (Fsp3) is 0.478. The molecule has 202 valence electrons. The highest BCUT2D eigenvalue weighted by Crippen LogP contribution is 2.36. The van der Waals surface area contributed by atoms with Gasteiger partial charge in [-0.1, -0.05) is 0 Å². The Hall–Kier alpha value is -2.87. The first-order valence-electron chi connectivity index (χ1n) is 11.5. The lowest BCUT2D eigenvalue weighted by molar-refractivity contribution is -0.179. The second-order valence-corrected chi connectivity index (χ2v) is 10.9. The number of hydrogen-bond donors (Lipinski definition) is 1. The van der Waals surface area contributed by atoms with E-state index in [0.29, 0.717) is 4.31 Å². The highest BCUT2D eigenvalue weighted by molar-refractivity contribution is 7.89. The van der Waals surface area contributed by atoms with Gasteiger partial charge in [0.15, 0.2) is 5.82 Å². The summed E-state index contributed by atoms with van der Waals surface area (Å²) in [6, 6.07) is 3.86. The Morgan fingerprint density at radius 1 is 1.11 bits per heavy atom. The first kappa shape index (κ1) is 27.2. The molecule has 1 aromatic heterocycles. The molecule has 7 nitrogen and oxygen atoms in total. The molecule has 1 amide bonds. The molecule has 2 atom stereocenters. The summed E-state index contributed by atoms with van der Waals surface area (Å²) in [6.45, 7) is -0.812. The summed E-state index contributed by atoms with van der Waals surface area (Å²) >= 11 is 0. The molecular weight excluding hydrogens is 526 g/mol. The molecule has 0 unspecified atom stereocenters. The summed E-state index contributed by atoms with van der Waals surface area (Å²) in [5, 5.41) is 2.48. The van der Waals surface area contributed by atoms with E-state index in [1.807, 2.05) is 0 Å². The van der Waals surface area contributed by atoms with Gasteiger partial charge in [-0.05, 0) is 43.2 Å². The van der Waals surface area contributed by atoms with Gasteiger partial charge < -0.3 is 10.2 Å². The van der Waals surface area contributed by atoms with Gasteiger partial charge in [-0.25, -0.2) is 21.6 Å². The van der Waals surface area contributed by atoms with Crippen LogP contribution in [-0.4, -0.2) is 61.6 Å². The third kappa shape index (κ3) is 6.00. The number of alkyl halides is 4. The predicted molar refractivity (Wildman–Crippen MR) is 121 cm³/mol. The van der Waals surface area contributed by atoms with Crippen LogP contribution in [-0.2, 0) is 21.4 Å². The Labute approximate surface area is 209 Å². The molecule has 2 aliphatic heterocycles. The molecule has 0 bridgehead atoms. The maximum atomic E-state index is 14.4. The van der Waals surface area contributed by atoms with Gasteiger partial charge in [0.25, 0.3) is 0 Å². The van der Waals surface area contributed by atoms with Crippen molar-refractivity contribution < 1.29 is 39.6 Å². The summed E-state index contributed by atoms with van der Waals surface area (Å²) in [7, 11) is -4.29. The van der Waals surface area contributed by atoms with Crippen molar-refractivity contribution in [3.05, 3.63) is 53.9 Å². The standard InChI is InChI=1S/C23H24F6N4O3S/c24-15-1-3-18(4-2-15)37(35,36)33-13-16(25)9-21(33)22(34)31-11-17-10-20(19(26)12-30-17)32-7-5-14(6-8-32)23(27,28)29/h1-4,10,12,14,16,21H,5-9,11,13H2,(H,31,34)/t16-,21-/m1/s1. The largest absolute Gasteiger partial charge is 0.391 e. The molecule has 14 heteroatoms. The van der Waals surface area contributed by atoms with Crippen molar-refractivity contribution in [3.63, 3.8) is 0 Å². The minimum Gasteiger partial charge on any atom is -0.369 e. The number of anilines is 1. The molecule has 0 radical (unpaired) electrons. The predicted octanol–water partition coefficient (Wildman–Crippen LogP) is 3.56. The zero-order chi connectivity index (χ0) is 27.0. The number of aromatic nitrogens is 1. The highest BCUT2D eigenvalue weighted by atomic mass is 32.2. The van der Waals surface area contributed by atoms with Gasteiger partial charge in [0.05, 0.1) is 34.9 Å². The summed E-state index contributed by atoms with van der Waals surface area (Å²) in [6.07, 6.45) is -5.76. The van der Waals surface area contributed by atoms with E-state index >= 15 is 0 Å². The fourth-order valence-corrected chi connectivity index (χ4v) is 6.18. The minimum absolute atomic E-state index is 0.00687. The summed E-state index contributed by atoms with van der Waals surface area (Å²) in [5.74, 6) is -3.64. The van der Waals surface area contributed by atoms with Crippen molar-refractivity contribution in [1.29, 1.82) is 0 Å². The average Bonchev–Trinajstić information content (AvgIpc) is 3.26. The van der Waals surface area contributed by atoms with Crippen LogP contribution >= 0.6 is 0 Å². The monoisotopic (exact) mass is 550 g/mol. The van der Waals surface area contributed by atoms with Gasteiger partial charge in [-0.2, -0.15) is 17.5 Å². The zero-order valence-corrected chi connectivity index (χ0v) is 20.2. The number of piperidine rings is 1. The van der Waals surface area contributed by atoms with Crippen LogP contribution in [0.4, 0.5) is 32.0 Å². The minimum atomic E-state index is -4.31. The van der Waals surface area contributed by atoms with Gasteiger partial charge in [0.2, 0.25) is 15.9 Å². The molecule has 0 saturated carbocycles. The van der Waals surface area contributed by atoms with E-state index in [0.717, 1.165) is 30.5 Å². The number of carbonyl (C=O) groups is 1. The van der Waals surface area contributed by atoms with Gasteiger partial charge in [-0.3, -0.25) is 9.78 Å². The van der Waals surface area contributed by atoms with E-state index in [4.69, 9.17) is 0 Å². The number of carbonyl (C=O) groups excluding carboxylic acids is 1. The average molecular weight is 551 g/mol. The van der Waals surface area contributed by atoms with E-state index in [1.54, 1.807) is 0 Å². The molecule has 4 rings (SSSR count). The van der Waals surface area contributed by atoms with E-state index in [-0.39, 0.29) is 55.2 Å². The van der Waals surface area contributed by atoms with Crippen LogP contribution in [0.2, 0.25) is 0 Å². The third-order valence-electron chi connectivity index (χ3n) is 6.56. The molecule has 2 saturated heterocycles. The SMILES string of the molecule is O=C(NCc1cc(N2CCC(C(F)(F)F)CC2)c(F)cn1)[C@H]1C[C@@H](F)CN1S(=O)(=O)c1ccc(F)cc1. The Kier molecular flexibility index (Phi) is 7.70. The van der Waals surface area contributed by atoms with Crippen molar-refractivity contribution in [1.82, 2.24) is 14.6 Å². The topological polar surface area (TPSA) is 82.6 Å².